The standard InChI is InChI=1S/C43H86O2/c1-3-5-7-9-11-13-15-17-19-20-21-22-23-24-25-26-28-30-32-34-36-38-40-42-45-43(44)41-39-37-35-33-31-29-27-18-16-14-12-10-8-6-4-2/h3-42H2,1-2H3. The van der Waals surface area contributed by atoms with Crippen LogP contribution in [-0.4, -0.2) is 12.6 Å². The van der Waals surface area contributed by atoms with Gasteiger partial charge in [-0.3, -0.25) is 4.79 Å². The molecule has 0 aromatic heterocycles. The lowest BCUT2D eigenvalue weighted by Crippen LogP contribution is -2.05. The number of hydrogen-bond acceptors (Lipinski definition) is 2. The van der Waals surface area contributed by atoms with Crippen LogP contribution in [0.3, 0.4) is 0 Å². The number of carbonyl (C=O) groups is 1. The first-order chi connectivity index (χ1) is 22.3. The molecule has 0 aliphatic carbocycles. The van der Waals surface area contributed by atoms with Crippen LogP contribution in [0.25, 0.3) is 0 Å². The number of esters is 1. The van der Waals surface area contributed by atoms with Crippen molar-refractivity contribution in [1.82, 2.24) is 0 Å². The van der Waals surface area contributed by atoms with E-state index in [1.54, 1.807) is 0 Å². The number of hydrogen-bond donors (Lipinski definition) is 0. The van der Waals surface area contributed by atoms with Gasteiger partial charge in [0.2, 0.25) is 0 Å². The molecular weight excluding hydrogens is 548 g/mol. The molecule has 0 aliphatic heterocycles. The molecule has 0 atom stereocenters. The number of unbranched alkanes of at least 4 members (excludes halogenated alkanes) is 36. The van der Waals surface area contributed by atoms with Crippen molar-refractivity contribution in [3.63, 3.8) is 0 Å². The first-order valence-corrected chi connectivity index (χ1v) is 21.5. The van der Waals surface area contributed by atoms with Gasteiger partial charge in [0.05, 0.1) is 6.61 Å². The van der Waals surface area contributed by atoms with Crippen LogP contribution in [0.5, 0.6) is 0 Å². The van der Waals surface area contributed by atoms with Gasteiger partial charge in [-0.25, -0.2) is 0 Å². The van der Waals surface area contributed by atoms with E-state index in [1.807, 2.05) is 0 Å². The van der Waals surface area contributed by atoms with Gasteiger partial charge in [-0.1, -0.05) is 245 Å². The van der Waals surface area contributed by atoms with Crippen molar-refractivity contribution in [3.05, 3.63) is 0 Å². The van der Waals surface area contributed by atoms with Gasteiger partial charge < -0.3 is 4.74 Å². The predicted molar refractivity (Wildman–Crippen MR) is 202 cm³/mol. The summed E-state index contributed by atoms with van der Waals surface area (Å²) in [5, 5.41) is 0. The van der Waals surface area contributed by atoms with Gasteiger partial charge in [0.25, 0.3) is 0 Å². The molecule has 0 N–H and O–H groups in total. The summed E-state index contributed by atoms with van der Waals surface area (Å²) in [4.78, 5) is 12.0. The van der Waals surface area contributed by atoms with Gasteiger partial charge in [-0.15, -0.1) is 0 Å². The summed E-state index contributed by atoms with van der Waals surface area (Å²) in [7, 11) is 0. The molecule has 0 aromatic rings. The first-order valence-electron chi connectivity index (χ1n) is 21.5. The van der Waals surface area contributed by atoms with Crippen LogP contribution >= 0.6 is 0 Å². The van der Waals surface area contributed by atoms with E-state index >= 15 is 0 Å². The van der Waals surface area contributed by atoms with Crippen molar-refractivity contribution in [2.45, 2.75) is 264 Å². The Kier molecular flexibility index (Phi) is 41.0. The molecule has 0 saturated heterocycles. The number of ether oxygens (including phenoxy) is 1. The Balaban J connectivity index is 3.13. The third-order valence-electron chi connectivity index (χ3n) is 10.00. The minimum absolute atomic E-state index is 0.0310. The Morgan fingerprint density at radius 1 is 0.289 bits per heavy atom. The molecule has 270 valence electrons. The van der Waals surface area contributed by atoms with Crippen LogP contribution in [0.2, 0.25) is 0 Å². The highest BCUT2D eigenvalue weighted by Crippen LogP contribution is 2.16. The Bertz CT molecular complexity index is 530. The fourth-order valence-corrected chi connectivity index (χ4v) is 6.79. The number of carbonyl (C=O) groups excluding carboxylic acids is 1. The van der Waals surface area contributed by atoms with Gasteiger partial charge in [0, 0.05) is 6.42 Å². The SMILES string of the molecule is CCCCCCCCCCCCCCCCCCCCCCCCCOC(=O)CCCCCCCCCCCCCCCCC. The normalized spacial score (nSPS) is 11.4. The van der Waals surface area contributed by atoms with Crippen molar-refractivity contribution < 1.29 is 9.53 Å². The van der Waals surface area contributed by atoms with Gasteiger partial charge in [0.15, 0.2) is 0 Å². The smallest absolute Gasteiger partial charge is 0.305 e. The summed E-state index contributed by atoms with van der Waals surface area (Å²) in [5.74, 6) is 0.0310. The highest BCUT2D eigenvalue weighted by Gasteiger charge is 2.03. The third kappa shape index (κ3) is 41.4. The second-order valence-electron chi connectivity index (χ2n) is 14.7. The van der Waals surface area contributed by atoms with E-state index in [2.05, 4.69) is 13.8 Å². The van der Waals surface area contributed by atoms with Gasteiger partial charge in [-0.2, -0.15) is 0 Å². The summed E-state index contributed by atoms with van der Waals surface area (Å²) >= 11 is 0. The van der Waals surface area contributed by atoms with Crippen LogP contribution in [0.15, 0.2) is 0 Å². The minimum Gasteiger partial charge on any atom is -0.466 e. The highest BCUT2D eigenvalue weighted by molar-refractivity contribution is 5.69. The number of rotatable bonds is 40. The fourth-order valence-electron chi connectivity index (χ4n) is 6.79. The molecule has 0 bridgehead atoms. The average Bonchev–Trinajstić information content (AvgIpc) is 3.05. The van der Waals surface area contributed by atoms with E-state index < -0.39 is 0 Å². The third-order valence-corrected chi connectivity index (χ3v) is 10.00. The first kappa shape index (κ1) is 44.5. The zero-order valence-electron chi connectivity index (χ0n) is 31.6. The summed E-state index contributed by atoms with van der Waals surface area (Å²) in [6.45, 7) is 5.23. The minimum atomic E-state index is 0.0310. The molecule has 2 nitrogen and oxygen atoms in total. The maximum absolute atomic E-state index is 12.0. The molecule has 0 aromatic carbocycles. The van der Waals surface area contributed by atoms with E-state index in [4.69, 9.17) is 4.74 Å². The summed E-state index contributed by atoms with van der Waals surface area (Å²) in [6.07, 6.45) is 53.5. The lowest BCUT2D eigenvalue weighted by Gasteiger charge is -2.06. The van der Waals surface area contributed by atoms with Crippen LogP contribution in [-0.2, 0) is 9.53 Å². The van der Waals surface area contributed by atoms with E-state index in [1.165, 1.54) is 231 Å². The van der Waals surface area contributed by atoms with E-state index in [0.717, 1.165) is 12.8 Å². The maximum Gasteiger partial charge on any atom is 0.305 e. The predicted octanol–water partition coefficient (Wildman–Crippen LogP) is 15.8. The molecule has 0 unspecified atom stereocenters. The molecule has 0 fully saturated rings. The van der Waals surface area contributed by atoms with Crippen LogP contribution in [0, 0.1) is 0 Å². The average molecular weight is 635 g/mol. The Labute approximate surface area is 285 Å². The van der Waals surface area contributed by atoms with Crippen molar-refractivity contribution in [3.8, 4) is 0 Å². The Morgan fingerprint density at radius 3 is 0.733 bits per heavy atom. The molecule has 0 rings (SSSR count). The molecular formula is C43H86O2. The lowest BCUT2D eigenvalue weighted by molar-refractivity contribution is -0.143. The van der Waals surface area contributed by atoms with E-state index in [9.17, 15) is 4.79 Å². The molecule has 0 amide bonds. The maximum atomic E-state index is 12.0. The van der Waals surface area contributed by atoms with Crippen molar-refractivity contribution in [2.75, 3.05) is 6.61 Å². The Morgan fingerprint density at radius 2 is 0.489 bits per heavy atom. The molecule has 0 spiro atoms. The molecule has 0 radical (unpaired) electrons. The largest absolute Gasteiger partial charge is 0.466 e. The zero-order valence-corrected chi connectivity index (χ0v) is 31.6. The van der Waals surface area contributed by atoms with Crippen LogP contribution in [0.1, 0.15) is 264 Å². The van der Waals surface area contributed by atoms with Crippen molar-refractivity contribution >= 4 is 5.97 Å². The topological polar surface area (TPSA) is 26.3 Å². The molecule has 0 heterocycles. The van der Waals surface area contributed by atoms with Crippen LogP contribution in [0.4, 0.5) is 0 Å². The fraction of sp³-hybridized carbons (Fsp3) is 0.977. The van der Waals surface area contributed by atoms with E-state index in [0.29, 0.717) is 13.0 Å². The summed E-state index contributed by atoms with van der Waals surface area (Å²) in [6, 6.07) is 0. The molecule has 2 heteroatoms. The molecule has 0 aliphatic rings. The lowest BCUT2D eigenvalue weighted by atomic mass is 10.0. The monoisotopic (exact) mass is 635 g/mol. The van der Waals surface area contributed by atoms with Crippen molar-refractivity contribution in [2.24, 2.45) is 0 Å². The second-order valence-corrected chi connectivity index (χ2v) is 14.7. The Hall–Kier alpha value is -0.530. The molecule has 45 heavy (non-hydrogen) atoms. The zero-order chi connectivity index (χ0) is 32.6. The summed E-state index contributed by atoms with van der Waals surface area (Å²) in [5.41, 5.74) is 0. The van der Waals surface area contributed by atoms with Crippen LogP contribution < -0.4 is 0 Å². The molecule has 0 saturated carbocycles. The second kappa shape index (κ2) is 41.5. The van der Waals surface area contributed by atoms with Crippen molar-refractivity contribution in [1.29, 1.82) is 0 Å². The van der Waals surface area contributed by atoms with E-state index in [-0.39, 0.29) is 5.97 Å². The van der Waals surface area contributed by atoms with Gasteiger partial charge in [-0.05, 0) is 12.8 Å². The quantitative estimate of drug-likeness (QED) is 0.0495. The highest BCUT2D eigenvalue weighted by atomic mass is 16.5. The van der Waals surface area contributed by atoms with Gasteiger partial charge >= 0.3 is 5.97 Å². The van der Waals surface area contributed by atoms with Gasteiger partial charge in [0.1, 0.15) is 0 Å². The summed E-state index contributed by atoms with van der Waals surface area (Å²) < 4.78 is 5.47.